The summed E-state index contributed by atoms with van der Waals surface area (Å²) in [6.45, 7) is 7.04. The predicted molar refractivity (Wildman–Crippen MR) is 54.3 cm³/mol. The van der Waals surface area contributed by atoms with Gasteiger partial charge in [0, 0.05) is 6.04 Å². The molecule has 0 radical (unpaired) electrons. The zero-order valence-electron chi connectivity index (χ0n) is 8.98. The van der Waals surface area contributed by atoms with Crippen molar-refractivity contribution in [3.05, 3.63) is 0 Å². The first kappa shape index (κ1) is 10.0. The maximum atomic E-state index is 3.38. The molecule has 1 aliphatic carbocycles. The summed E-state index contributed by atoms with van der Waals surface area (Å²) in [6.07, 6.45) is 5.61. The van der Waals surface area contributed by atoms with Crippen molar-refractivity contribution >= 4 is 0 Å². The van der Waals surface area contributed by atoms with Crippen molar-refractivity contribution in [2.75, 3.05) is 7.05 Å². The van der Waals surface area contributed by atoms with Crippen molar-refractivity contribution in [1.82, 2.24) is 5.32 Å². The maximum Gasteiger partial charge on any atom is 0.00668 e. The summed E-state index contributed by atoms with van der Waals surface area (Å²) >= 11 is 0. The average Bonchev–Trinajstić information content (AvgIpc) is 2.32. The van der Waals surface area contributed by atoms with E-state index in [-0.39, 0.29) is 0 Å². The molecule has 1 fully saturated rings. The molecule has 0 amide bonds. The molecule has 1 saturated carbocycles. The third kappa shape index (κ3) is 3.14. The van der Waals surface area contributed by atoms with Gasteiger partial charge in [-0.1, -0.05) is 20.8 Å². The molecule has 1 N–H and O–H groups in total. The number of rotatable bonds is 2. The molecule has 0 aromatic rings. The van der Waals surface area contributed by atoms with E-state index < -0.39 is 0 Å². The van der Waals surface area contributed by atoms with Gasteiger partial charge in [-0.15, -0.1) is 0 Å². The Kier molecular flexibility index (Phi) is 3.16. The molecule has 0 aliphatic heterocycles. The molecule has 1 rings (SSSR count). The van der Waals surface area contributed by atoms with Crippen LogP contribution in [0.3, 0.4) is 0 Å². The first-order chi connectivity index (χ1) is 5.51. The minimum atomic E-state index is 0.521. The van der Waals surface area contributed by atoms with Gasteiger partial charge in [0.1, 0.15) is 0 Å². The maximum absolute atomic E-state index is 3.38. The van der Waals surface area contributed by atoms with Crippen LogP contribution in [0.5, 0.6) is 0 Å². The Morgan fingerprint density at radius 2 is 1.92 bits per heavy atom. The summed E-state index contributed by atoms with van der Waals surface area (Å²) in [7, 11) is 2.09. The van der Waals surface area contributed by atoms with Crippen molar-refractivity contribution in [1.29, 1.82) is 0 Å². The van der Waals surface area contributed by atoms with E-state index in [4.69, 9.17) is 0 Å². The first-order valence-electron chi connectivity index (χ1n) is 5.18. The Hall–Kier alpha value is -0.0400. The summed E-state index contributed by atoms with van der Waals surface area (Å²) in [5.41, 5.74) is 0.521. The summed E-state index contributed by atoms with van der Waals surface area (Å²) in [5, 5.41) is 3.38. The lowest BCUT2D eigenvalue weighted by molar-refractivity contribution is 0.293. The fourth-order valence-electron chi connectivity index (χ4n) is 2.39. The van der Waals surface area contributed by atoms with Gasteiger partial charge in [-0.05, 0) is 44.1 Å². The van der Waals surface area contributed by atoms with Gasteiger partial charge < -0.3 is 5.32 Å². The lowest BCUT2D eigenvalue weighted by Crippen LogP contribution is -2.22. The normalized spacial score (nSPS) is 31.0. The molecular weight excluding hydrogens is 146 g/mol. The van der Waals surface area contributed by atoms with Crippen LogP contribution in [0.4, 0.5) is 0 Å². The molecule has 1 aliphatic rings. The average molecular weight is 169 g/mol. The Labute approximate surface area is 76.9 Å². The molecule has 0 aromatic heterocycles. The fraction of sp³-hybridized carbons (Fsp3) is 1.00. The van der Waals surface area contributed by atoms with Crippen molar-refractivity contribution in [3.8, 4) is 0 Å². The summed E-state index contributed by atoms with van der Waals surface area (Å²) in [5.74, 6) is 0.974. The Balaban J connectivity index is 2.28. The summed E-state index contributed by atoms with van der Waals surface area (Å²) in [4.78, 5) is 0. The second kappa shape index (κ2) is 3.78. The lowest BCUT2D eigenvalue weighted by atomic mass is 9.84. The van der Waals surface area contributed by atoms with Crippen LogP contribution >= 0.6 is 0 Å². The molecule has 12 heavy (non-hydrogen) atoms. The van der Waals surface area contributed by atoms with E-state index in [0.717, 1.165) is 12.0 Å². The van der Waals surface area contributed by atoms with Gasteiger partial charge in [-0.2, -0.15) is 0 Å². The zero-order chi connectivity index (χ0) is 9.19. The number of hydrogen-bond acceptors (Lipinski definition) is 1. The van der Waals surface area contributed by atoms with Crippen LogP contribution in [0.2, 0.25) is 0 Å². The van der Waals surface area contributed by atoms with E-state index in [2.05, 4.69) is 33.1 Å². The Bertz CT molecular complexity index is 134. The Morgan fingerprint density at radius 3 is 2.33 bits per heavy atom. The topological polar surface area (TPSA) is 12.0 Å². The van der Waals surface area contributed by atoms with Crippen LogP contribution in [0.15, 0.2) is 0 Å². The van der Waals surface area contributed by atoms with Crippen molar-refractivity contribution in [2.24, 2.45) is 11.3 Å². The van der Waals surface area contributed by atoms with Crippen LogP contribution in [0.1, 0.15) is 46.5 Å². The standard InChI is InChI=1S/C11H23N/c1-11(2,3)8-9-5-6-10(7-9)12-4/h9-10,12H,5-8H2,1-4H3. The Morgan fingerprint density at radius 1 is 1.25 bits per heavy atom. The molecule has 0 spiro atoms. The van der Waals surface area contributed by atoms with Gasteiger partial charge >= 0.3 is 0 Å². The highest BCUT2D eigenvalue weighted by molar-refractivity contribution is 4.82. The SMILES string of the molecule is CNC1CCC(CC(C)(C)C)C1. The van der Waals surface area contributed by atoms with E-state index >= 15 is 0 Å². The van der Waals surface area contributed by atoms with Crippen molar-refractivity contribution in [2.45, 2.75) is 52.5 Å². The molecule has 0 saturated heterocycles. The van der Waals surface area contributed by atoms with Gasteiger partial charge in [0.2, 0.25) is 0 Å². The fourth-order valence-corrected chi connectivity index (χ4v) is 2.39. The van der Waals surface area contributed by atoms with Crippen LogP contribution < -0.4 is 5.32 Å². The molecule has 0 aromatic carbocycles. The molecule has 72 valence electrons. The predicted octanol–water partition coefficient (Wildman–Crippen LogP) is 2.81. The second-order valence-corrected chi connectivity index (χ2v) is 5.43. The molecule has 0 bridgehead atoms. The number of nitrogens with one attached hydrogen (secondary N) is 1. The van der Waals surface area contributed by atoms with E-state index in [1.54, 1.807) is 0 Å². The van der Waals surface area contributed by atoms with Gasteiger partial charge in [0.25, 0.3) is 0 Å². The van der Waals surface area contributed by atoms with Crippen LogP contribution in [0, 0.1) is 11.3 Å². The molecule has 0 heterocycles. The third-order valence-electron chi connectivity index (χ3n) is 2.85. The van der Waals surface area contributed by atoms with E-state index in [9.17, 15) is 0 Å². The second-order valence-electron chi connectivity index (χ2n) is 5.43. The zero-order valence-corrected chi connectivity index (χ0v) is 8.98. The monoisotopic (exact) mass is 169 g/mol. The van der Waals surface area contributed by atoms with Crippen molar-refractivity contribution in [3.63, 3.8) is 0 Å². The van der Waals surface area contributed by atoms with Gasteiger partial charge in [0.05, 0.1) is 0 Å². The molecule has 2 atom stereocenters. The molecular formula is C11H23N. The van der Waals surface area contributed by atoms with E-state index in [1.165, 1.54) is 25.7 Å². The minimum Gasteiger partial charge on any atom is -0.317 e. The summed E-state index contributed by atoms with van der Waals surface area (Å²) < 4.78 is 0. The van der Waals surface area contributed by atoms with E-state index in [0.29, 0.717) is 5.41 Å². The highest BCUT2D eigenvalue weighted by Gasteiger charge is 2.26. The van der Waals surface area contributed by atoms with Gasteiger partial charge in [0.15, 0.2) is 0 Å². The van der Waals surface area contributed by atoms with Crippen LogP contribution in [-0.2, 0) is 0 Å². The smallest absolute Gasteiger partial charge is 0.00668 e. The highest BCUT2D eigenvalue weighted by Crippen LogP contribution is 2.35. The quantitative estimate of drug-likeness (QED) is 0.670. The van der Waals surface area contributed by atoms with Gasteiger partial charge in [-0.3, -0.25) is 0 Å². The minimum absolute atomic E-state index is 0.521. The summed E-state index contributed by atoms with van der Waals surface area (Å²) in [6, 6.07) is 0.803. The first-order valence-corrected chi connectivity index (χ1v) is 5.18. The van der Waals surface area contributed by atoms with Crippen LogP contribution in [-0.4, -0.2) is 13.1 Å². The number of hydrogen-bond donors (Lipinski definition) is 1. The molecule has 2 unspecified atom stereocenters. The van der Waals surface area contributed by atoms with Gasteiger partial charge in [-0.25, -0.2) is 0 Å². The molecule has 1 nitrogen and oxygen atoms in total. The van der Waals surface area contributed by atoms with E-state index in [1.807, 2.05) is 0 Å². The lowest BCUT2D eigenvalue weighted by Gasteiger charge is -2.22. The largest absolute Gasteiger partial charge is 0.317 e. The molecule has 1 heteroatoms. The highest BCUT2D eigenvalue weighted by atomic mass is 14.9. The third-order valence-corrected chi connectivity index (χ3v) is 2.85. The van der Waals surface area contributed by atoms with Crippen LogP contribution in [0.25, 0.3) is 0 Å². The van der Waals surface area contributed by atoms with Crippen molar-refractivity contribution < 1.29 is 0 Å².